The number of benzene rings is 2. The van der Waals surface area contributed by atoms with Crippen molar-refractivity contribution in [2.45, 2.75) is 19.8 Å². The van der Waals surface area contributed by atoms with E-state index in [2.05, 4.69) is 0 Å². The molecule has 0 aliphatic carbocycles. The zero-order chi connectivity index (χ0) is 13.8. The maximum absolute atomic E-state index is 10.9. The van der Waals surface area contributed by atoms with E-state index in [9.17, 15) is 4.79 Å². The zero-order valence-electron chi connectivity index (χ0n) is 11.0. The lowest BCUT2D eigenvalue weighted by Crippen LogP contribution is -2.06. The number of carboxylic acids is 1. The van der Waals surface area contributed by atoms with Crippen molar-refractivity contribution in [3.63, 3.8) is 0 Å². The fourth-order valence-electron chi connectivity index (χ4n) is 1.71. The number of hydrogen-bond donors (Lipinski definition) is 1. The summed E-state index contributed by atoms with van der Waals surface area (Å²) in [7, 11) is 0. The Bertz CT molecular complexity index is 556. The molecular weight excluding hydrogens is 240 g/mol. The standard InChI is InChI=1S/C16H16O3/c1-11-3-7-14(8-4-11)19-15-9-5-13(6-10-15)12(2)16(17)18/h3-10,12H,1-2H3,(H,17,18). The second-order valence-corrected chi connectivity index (χ2v) is 4.54. The lowest BCUT2D eigenvalue weighted by Gasteiger charge is -2.09. The van der Waals surface area contributed by atoms with Gasteiger partial charge in [-0.05, 0) is 43.7 Å². The molecule has 0 amide bonds. The van der Waals surface area contributed by atoms with Crippen LogP contribution >= 0.6 is 0 Å². The van der Waals surface area contributed by atoms with Gasteiger partial charge in [0.2, 0.25) is 0 Å². The second-order valence-electron chi connectivity index (χ2n) is 4.54. The Kier molecular flexibility index (Phi) is 3.85. The summed E-state index contributed by atoms with van der Waals surface area (Å²) >= 11 is 0. The maximum atomic E-state index is 10.9. The summed E-state index contributed by atoms with van der Waals surface area (Å²) in [4.78, 5) is 10.9. The smallest absolute Gasteiger partial charge is 0.310 e. The van der Waals surface area contributed by atoms with Crippen LogP contribution in [0.15, 0.2) is 48.5 Å². The quantitative estimate of drug-likeness (QED) is 0.900. The van der Waals surface area contributed by atoms with Gasteiger partial charge in [0.1, 0.15) is 11.5 Å². The number of rotatable bonds is 4. The van der Waals surface area contributed by atoms with Crippen LogP contribution in [0.3, 0.4) is 0 Å². The highest BCUT2D eigenvalue weighted by Gasteiger charge is 2.13. The summed E-state index contributed by atoms with van der Waals surface area (Å²) in [5, 5.41) is 8.93. The van der Waals surface area contributed by atoms with Crippen LogP contribution in [0.25, 0.3) is 0 Å². The van der Waals surface area contributed by atoms with Crippen LogP contribution in [0.4, 0.5) is 0 Å². The van der Waals surface area contributed by atoms with Crippen molar-refractivity contribution in [2.75, 3.05) is 0 Å². The summed E-state index contributed by atoms with van der Waals surface area (Å²) in [6.07, 6.45) is 0. The third-order valence-corrected chi connectivity index (χ3v) is 3.01. The molecular formula is C16H16O3. The van der Waals surface area contributed by atoms with E-state index in [1.165, 1.54) is 5.56 Å². The predicted octanol–water partition coefficient (Wildman–Crippen LogP) is 3.98. The topological polar surface area (TPSA) is 46.5 Å². The van der Waals surface area contributed by atoms with Crippen LogP contribution in [0, 0.1) is 6.92 Å². The molecule has 0 saturated carbocycles. The van der Waals surface area contributed by atoms with Gasteiger partial charge in [0.15, 0.2) is 0 Å². The van der Waals surface area contributed by atoms with E-state index < -0.39 is 11.9 Å². The maximum Gasteiger partial charge on any atom is 0.310 e. The van der Waals surface area contributed by atoms with Crippen LogP contribution in [0.2, 0.25) is 0 Å². The van der Waals surface area contributed by atoms with Crippen molar-refractivity contribution in [3.8, 4) is 11.5 Å². The van der Waals surface area contributed by atoms with E-state index in [4.69, 9.17) is 9.84 Å². The summed E-state index contributed by atoms with van der Waals surface area (Å²) in [5.74, 6) is 0.135. The Hall–Kier alpha value is -2.29. The van der Waals surface area contributed by atoms with E-state index in [1.54, 1.807) is 31.2 Å². The van der Waals surface area contributed by atoms with Crippen molar-refractivity contribution in [1.82, 2.24) is 0 Å². The first-order valence-electron chi connectivity index (χ1n) is 6.13. The minimum Gasteiger partial charge on any atom is -0.481 e. The van der Waals surface area contributed by atoms with Gasteiger partial charge in [-0.2, -0.15) is 0 Å². The molecule has 2 aromatic carbocycles. The number of carbonyl (C=O) groups is 1. The molecule has 0 aromatic heterocycles. The van der Waals surface area contributed by atoms with Gasteiger partial charge >= 0.3 is 5.97 Å². The first-order chi connectivity index (χ1) is 9.06. The van der Waals surface area contributed by atoms with Crippen molar-refractivity contribution < 1.29 is 14.6 Å². The number of aryl methyl sites for hydroxylation is 1. The molecule has 0 radical (unpaired) electrons. The number of aliphatic carboxylic acids is 1. The van der Waals surface area contributed by atoms with E-state index in [0.717, 1.165) is 11.3 Å². The highest BCUT2D eigenvalue weighted by Crippen LogP contribution is 2.24. The largest absolute Gasteiger partial charge is 0.481 e. The molecule has 3 heteroatoms. The van der Waals surface area contributed by atoms with Crippen LogP contribution in [0.1, 0.15) is 24.0 Å². The van der Waals surface area contributed by atoms with Gasteiger partial charge in [-0.15, -0.1) is 0 Å². The van der Waals surface area contributed by atoms with Crippen molar-refractivity contribution in [3.05, 3.63) is 59.7 Å². The van der Waals surface area contributed by atoms with Gasteiger partial charge in [0, 0.05) is 0 Å². The first-order valence-corrected chi connectivity index (χ1v) is 6.13. The molecule has 1 atom stereocenters. The molecule has 98 valence electrons. The molecule has 0 saturated heterocycles. The van der Waals surface area contributed by atoms with Crippen molar-refractivity contribution in [2.24, 2.45) is 0 Å². The van der Waals surface area contributed by atoms with Gasteiger partial charge in [0.05, 0.1) is 5.92 Å². The molecule has 2 aromatic rings. The van der Waals surface area contributed by atoms with E-state index in [1.807, 2.05) is 31.2 Å². The lowest BCUT2D eigenvalue weighted by atomic mass is 10.0. The van der Waals surface area contributed by atoms with Gasteiger partial charge in [0.25, 0.3) is 0 Å². The second kappa shape index (κ2) is 5.57. The van der Waals surface area contributed by atoms with Crippen molar-refractivity contribution in [1.29, 1.82) is 0 Å². The van der Waals surface area contributed by atoms with E-state index >= 15 is 0 Å². The monoisotopic (exact) mass is 256 g/mol. The van der Waals surface area contributed by atoms with E-state index in [0.29, 0.717) is 5.75 Å². The lowest BCUT2D eigenvalue weighted by molar-refractivity contribution is -0.138. The Morgan fingerprint density at radius 1 is 1.00 bits per heavy atom. The fourth-order valence-corrected chi connectivity index (χ4v) is 1.71. The average Bonchev–Trinajstić information content (AvgIpc) is 2.41. The molecule has 2 rings (SSSR count). The molecule has 0 spiro atoms. The minimum absolute atomic E-state index is 0.506. The SMILES string of the molecule is Cc1ccc(Oc2ccc(C(C)C(=O)O)cc2)cc1. The summed E-state index contributed by atoms with van der Waals surface area (Å²) < 4.78 is 5.68. The van der Waals surface area contributed by atoms with Gasteiger partial charge in [-0.25, -0.2) is 0 Å². The zero-order valence-corrected chi connectivity index (χ0v) is 11.0. The predicted molar refractivity (Wildman–Crippen MR) is 73.7 cm³/mol. The Morgan fingerprint density at radius 2 is 1.47 bits per heavy atom. The molecule has 3 nitrogen and oxygen atoms in total. The van der Waals surface area contributed by atoms with Gasteiger partial charge in [-0.3, -0.25) is 4.79 Å². The third kappa shape index (κ3) is 3.35. The van der Waals surface area contributed by atoms with Crippen LogP contribution in [-0.2, 0) is 4.79 Å². The number of hydrogen-bond acceptors (Lipinski definition) is 2. The molecule has 0 bridgehead atoms. The first kappa shape index (κ1) is 13.1. The van der Waals surface area contributed by atoms with Crippen LogP contribution in [-0.4, -0.2) is 11.1 Å². The van der Waals surface area contributed by atoms with E-state index in [-0.39, 0.29) is 0 Å². The average molecular weight is 256 g/mol. The summed E-state index contributed by atoms with van der Waals surface area (Å²) in [6.45, 7) is 3.68. The molecule has 0 aliphatic heterocycles. The number of ether oxygens (including phenoxy) is 1. The van der Waals surface area contributed by atoms with Crippen LogP contribution < -0.4 is 4.74 Å². The third-order valence-electron chi connectivity index (χ3n) is 3.01. The molecule has 19 heavy (non-hydrogen) atoms. The molecule has 0 heterocycles. The van der Waals surface area contributed by atoms with Crippen molar-refractivity contribution >= 4 is 5.97 Å². The summed E-state index contributed by atoms with van der Waals surface area (Å²) in [5.41, 5.74) is 1.95. The normalized spacial score (nSPS) is 11.9. The molecule has 0 aliphatic rings. The van der Waals surface area contributed by atoms with Crippen LogP contribution in [0.5, 0.6) is 11.5 Å². The highest BCUT2D eigenvalue weighted by molar-refractivity contribution is 5.75. The Balaban J connectivity index is 2.10. The summed E-state index contributed by atoms with van der Waals surface area (Å²) in [6, 6.07) is 14.9. The fraction of sp³-hybridized carbons (Fsp3) is 0.188. The Labute approximate surface area is 112 Å². The Morgan fingerprint density at radius 3 is 1.95 bits per heavy atom. The molecule has 1 N–H and O–H groups in total. The number of carboxylic acid groups (broad SMARTS) is 1. The molecule has 1 unspecified atom stereocenters. The van der Waals surface area contributed by atoms with Gasteiger partial charge < -0.3 is 9.84 Å². The highest BCUT2D eigenvalue weighted by atomic mass is 16.5. The minimum atomic E-state index is -0.827. The molecule has 0 fully saturated rings. The van der Waals surface area contributed by atoms with Gasteiger partial charge in [-0.1, -0.05) is 29.8 Å².